The van der Waals surface area contributed by atoms with Gasteiger partial charge in [0.2, 0.25) is 5.91 Å². The Balaban J connectivity index is 1.18. The van der Waals surface area contributed by atoms with Crippen LogP contribution >= 0.6 is 23.2 Å². The number of halogens is 2. The molecule has 0 saturated carbocycles. The van der Waals surface area contributed by atoms with Gasteiger partial charge in [0, 0.05) is 24.9 Å². The van der Waals surface area contributed by atoms with E-state index in [4.69, 9.17) is 37.4 Å². The maximum Gasteiger partial charge on any atom is 0.326 e. The molecule has 0 bridgehead atoms. The third-order valence-electron chi connectivity index (χ3n) is 9.76. The molecule has 0 fully saturated rings. The largest absolute Gasteiger partial charge is 0.489 e. The van der Waals surface area contributed by atoms with Crippen molar-refractivity contribution in [3.63, 3.8) is 0 Å². The monoisotopic (exact) mass is 759 g/mol. The number of fused-ring (bicyclic) bond motifs is 2. The molecule has 278 valence electrons. The van der Waals surface area contributed by atoms with Crippen molar-refractivity contribution in [2.75, 3.05) is 6.61 Å². The first-order valence-electron chi connectivity index (χ1n) is 17.6. The molecule has 4 aromatic carbocycles. The van der Waals surface area contributed by atoms with Gasteiger partial charge in [0.25, 0.3) is 0 Å². The molecule has 3 atom stereocenters. The summed E-state index contributed by atoms with van der Waals surface area (Å²) in [5.74, 6) is 0.0468. The third-order valence-corrected chi connectivity index (χ3v) is 10.5. The van der Waals surface area contributed by atoms with Gasteiger partial charge in [-0.2, -0.15) is 0 Å². The highest BCUT2D eigenvalue weighted by atomic mass is 35.5. The van der Waals surface area contributed by atoms with Crippen molar-refractivity contribution in [2.24, 2.45) is 0 Å². The summed E-state index contributed by atoms with van der Waals surface area (Å²) in [4.78, 5) is 41.4. The van der Waals surface area contributed by atoms with Crippen molar-refractivity contribution in [2.45, 2.75) is 83.8 Å². The van der Waals surface area contributed by atoms with Gasteiger partial charge in [-0.1, -0.05) is 78.2 Å². The molecule has 6 rings (SSSR count). The highest BCUT2D eigenvalue weighted by molar-refractivity contribution is 6.42. The molecular formula is C41H43Cl2N3O7. The van der Waals surface area contributed by atoms with Gasteiger partial charge in [-0.05, 0) is 91.4 Å². The zero-order valence-electron chi connectivity index (χ0n) is 30.1. The number of benzene rings is 4. The summed E-state index contributed by atoms with van der Waals surface area (Å²) in [5, 5.41) is 16.8. The molecule has 2 aliphatic rings. The standard InChI is InChI=1S/C41H43Cl2N3O7/c1-5-41(3,4)45-40(50)46-21-29-20-36-35(19-28(29)18-34(46)38(47)44-33(39(48)49)17-25-8-6-24(2)7-9-25)52-23-37(53-36)27-11-13-30(14-12-27)51-22-26-10-15-31(42)32(43)16-26/h6-16,19-20,33-34,37H,5,17-18,21-23H2,1-4H3,(H,44,47)(H,45,50)(H,48,49). The molecule has 3 N–H and O–H groups in total. The maximum absolute atomic E-state index is 13.9. The Morgan fingerprint density at radius 1 is 0.943 bits per heavy atom. The molecule has 0 aliphatic carbocycles. The maximum atomic E-state index is 13.9. The smallest absolute Gasteiger partial charge is 0.326 e. The second kappa shape index (κ2) is 16.0. The Morgan fingerprint density at radius 3 is 2.32 bits per heavy atom. The summed E-state index contributed by atoms with van der Waals surface area (Å²) in [7, 11) is 0. The number of amides is 3. The van der Waals surface area contributed by atoms with Crippen LogP contribution in [0.5, 0.6) is 17.2 Å². The van der Waals surface area contributed by atoms with Crippen LogP contribution in [-0.4, -0.2) is 52.1 Å². The summed E-state index contributed by atoms with van der Waals surface area (Å²) in [6.45, 7) is 8.45. The van der Waals surface area contributed by atoms with Crippen LogP contribution in [-0.2, 0) is 35.6 Å². The van der Waals surface area contributed by atoms with Crippen molar-refractivity contribution in [1.82, 2.24) is 15.5 Å². The second-order valence-electron chi connectivity index (χ2n) is 14.2. The van der Waals surface area contributed by atoms with Crippen molar-refractivity contribution in [3.8, 4) is 17.2 Å². The van der Waals surface area contributed by atoms with Crippen molar-refractivity contribution in [3.05, 3.63) is 122 Å². The average molecular weight is 761 g/mol. The van der Waals surface area contributed by atoms with Gasteiger partial charge < -0.3 is 34.9 Å². The number of carbonyl (C=O) groups excluding carboxylic acids is 2. The van der Waals surface area contributed by atoms with E-state index in [2.05, 4.69) is 10.6 Å². The molecule has 3 unspecified atom stereocenters. The van der Waals surface area contributed by atoms with E-state index in [1.54, 1.807) is 12.1 Å². The van der Waals surface area contributed by atoms with Gasteiger partial charge in [0.1, 0.15) is 31.0 Å². The molecule has 4 aromatic rings. The fourth-order valence-electron chi connectivity index (χ4n) is 6.22. The third kappa shape index (κ3) is 9.18. The normalized spacial score (nSPS) is 17.0. The highest BCUT2D eigenvalue weighted by Crippen LogP contribution is 2.41. The SMILES string of the molecule is CCC(C)(C)NC(=O)N1Cc2cc3c(cc2CC1C(=O)NC(Cc1ccc(C)cc1)C(=O)O)OCC(c1ccc(OCc2ccc(Cl)c(Cl)c2)cc1)O3. The molecule has 53 heavy (non-hydrogen) atoms. The molecule has 0 saturated heterocycles. The first-order valence-corrected chi connectivity index (χ1v) is 18.3. The van der Waals surface area contributed by atoms with Crippen LogP contribution < -0.4 is 24.8 Å². The van der Waals surface area contributed by atoms with Crippen molar-refractivity contribution in [1.29, 1.82) is 0 Å². The van der Waals surface area contributed by atoms with E-state index in [-0.39, 0.29) is 26.0 Å². The summed E-state index contributed by atoms with van der Waals surface area (Å²) < 4.78 is 18.5. The minimum atomic E-state index is -1.18. The number of carboxylic acids is 1. The van der Waals surface area contributed by atoms with Crippen molar-refractivity contribution >= 4 is 41.1 Å². The van der Waals surface area contributed by atoms with E-state index in [9.17, 15) is 19.5 Å². The van der Waals surface area contributed by atoms with Gasteiger partial charge in [-0.25, -0.2) is 9.59 Å². The van der Waals surface area contributed by atoms with Crippen LogP contribution in [0.2, 0.25) is 10.0 Å². The first kappa shape index (κ1) is 37.8. The van der Waals surface area contributed by atoms with Crippen LogP contribution in [0.4, 0.5) is 4.79 Å². The number of aryl methyl sites for hydroxylation is 1. The number of hydrogen-bond acceptors (Lipinski definition) is 6. The number of carboxylic acid groups (broad SMARTS) is 1. The number of nitrogens with one attached hydrogen (secondary N) is 2. The van der Waals surface area contributed by atoms with Gasteiger partial charge in [-0.3, -0.25) is 4.79 Å². The van der Waals surface area contributed by atoms with Gasteiger partial charge in [0.05, 0.1) is 10.0 Å². The fourth-order valence-corrected chi connectivity index (χ4v) is 6.54. The van der Waals surface area contributed by atoms with Crippen LogP contribution in [0.3, 0.4) is 0 Å². The summed E-state index contributed by atoms with van der Waals surface area (Å²) in [6, 6.07) is 21.6. The van der Waals surface area contributed by atoms with Gasteiger partial charge in [-0.15, -0.1) is 0 Å². The van der Waals surface area contributed by atoms with E-state index in [0.29, 0.717) is 40.3 Å². The fraction of sp³-hybridized carbons (Fsp3) is 0.341. The number of rotatable bonds is 11. The summed E-state index contributed by atoms with van der Waals surface area (Å²) in [6.07, 6.45) is 0.552. The van der Waals surface area contributed by atoms with E-state index < -0.39 is 41.6 Å². The Hall–Kier alpha value is -4.93. The zero-order valence-corrected chi connectivity index (χ0v) is 31.6. The zero-order chi connectivity index (χ0) is 37.9. The number of urea groups is 1. The lowest BCUT2D eigenvalue weighted by atomic mass is 9.92. The molecule has 3 amide bonds. The topological polar surface area (TPSA) is 126 Å². The predicted molar refractivity (Wildman–Crippen MR) is 203 cm³/mol. The molecule has 2 aliphatic heterocycles. The molecule has 10 nitrogen and oxygen atoms in total. The first-order chi connectivity index (χ1) is 25.3. The lowest BCUT2D eigenvalue weighted by molar-refractivity contribution is -0.142. The van der Waals surface area contributed by atoms with E-state index in [1.807, 2.05) is 94.4 Å². The number of ether oxygens (including phenoxy) is 3. The average Bonchev–Trinajstić information content (AvgIpc) is 3.14. The number of hydrogen-bond donors (Lipinski definition) is 3. The molecule has 0 radical (unpaired) electrons. The minimum Gasteiger partial charge on any atom is -0.489 e. The van der Waals surface area contributed by atoms with E-state index >= 15 is 0 Å². The van der Waals surface area contributed by atoms with Crippen LogP contribution in [0.1, 0.15) is 66.7 Å². The molecule has 2 heterocycles. The molecule has 12 heteroatoms. The predicted octanol–water partition coefficient (Wildman–Crippen LogP) is 7.83. The van der Waals surface area contributed by atoms with Crippen LogP contribution in [0, 0.1) is 6.92 Å². The summed E-state index contributed by atoms with van der Waals surface area (Å²) >= 11 is 12.2. The lowest BCUT2D eigenvalue weighted by Crippen LogP contribution is -2.59. The summed E-state index contributed by atoms with van der Waals surface area (Å²) in [5.41, 5.74) is 4.72. The Morgan fingerprint density at radius 2 is 1.64 bits per heavy atom. The van der Waals surface area contributed by atoms with Crippen LogP contribution in [0.25, 0.3) is 0 Å². The Bertz CT molecular complexity index is 1980. The molecule has 0 aromatic heterocycles. The van der Waals surface area contributed by atoms with Crippen LogP contribution in [0.15, 0.2) is 78.9 Å². The second-order valence-corrected chi connectivity index (χ2v) is 15.0. The number of nitrogens with zero attached hydrogens (tertiary/aromatic N) is 1. The minimum absolute atomic E-state index is 0.105. The molecular weight excluding hydrogens is 717 g/mol. The number of carbonyl (C=O) groups is 3. The highest BCUT2D eigenvalue weighted by Gasteiger charge is 2.39. The van der Waals surface area contributed by atoms with Gasteiger partial charge in [0.15, 0.2) is 17.6 Å². The molecule has 0 spiro atoms. The number of aliphatic carboxylic acids is 1. The van der Waals surface area contributed by atoms with Gasteiger partial charge >= 0.3 is 12.0 Å². The quantitative estimate of drug-likeness (QED) is 0.142. The van der Waals surface area contributed by atoms with E-state index in [1.165, 1.54) is 4.90 Å². The van der Waals surface area contributed by atoms with Crippen molar-refractivity contribution < 1.29 is 33.7 Å². The van der Waals surface area contributed by atoms with E-state index in [0.717, 1.165) is 33.4 Å². The Labute approximate surface area is 319 Å². The lowest BCUT2D eigenvalue weighted by Gasteiger charge is -2.39. The Kier molecular flexibility index (Phi) is 11.4.